The molecule has 327 valence electrons. The van der Waals surface area contributed by atoms with Gasteiger partial charge in [-0.1, -0.05) is 129 Å². The van der Waals surface area contributed by atoms with E-state index in [4.69, 9.17) is 18.9 Å². The quantitative estimate of drug-likeness (QED) is 0.202. The number of nitrogens with zero attached hydrogens (tertiary/aromatic N) is 1. The van der Waals surface area contributed by atoms with Crippen molar-refractivity contribution in [3.63, 3.8) is 0 Å². The van der Waals surface area contributed by atoms with E-state index in [0.29, 0.717) is 24.2 Å². The zero-order valence-corrected chi connectivity index (χ0v) is 49.8. The Morgan fingerprint density at radius 2 is 1.28 bits per heavy atom. The molecule has 1 amide bonds. The van der Waals surface area contributed by atoms with Crippen LogP contribution in [0.5, 0.6) is 0 Å². The second kappa shape index (κ2) is 22.8. The number of carbonyl (C=O) groups is 2. The summed E-state index contributed by atoms with van der Waals surface area (Å²) in [4.78, 5) is 31.1. The zero-order chi connectivity index (χ0) is 42.3. The van der Waals surface area contributed by atoms with E-state index in [2.05, 4.69) is 124 Å². The maximum Gasteiger partial charge on any atom is 0.329 e. The summed E-state index contributed by atoms with van der Waals surface area (Å²) in [6.07, 6.45) is 3.40. The van der Waals surface area contributed by atoms with E-state index in [9.17, 15) is 9.59 Å². The van der Waals surface area contributed by atoms with E-state index in [-0.39, 0.29) is 180 Å². The first kappa shape index (κ1) is 61.2. The number of hydrogen-bond acceptors (Lipinski definition) is 6. The Kier molecular flexibility index (Phi) is 24.5. The molecular formula is C47H88NO6Y3-. The van der Waals surface area contributed by atoms with Crippen LogP contribution in [0.3, 0.4) is 0 Å². The number of hydrogen-bond donors (Lipinski definition) is 0. The van der Waals surface area contributed by atoms with Gasteiger partial charge in [-0.15, -0.1) is 0 Å². The average Bonchev–Trinajstić information content (AvgIpc) is 3.08. The number of rotatable bonds is 5. The van der Waals surface area contributed by atoms with Crippen molar-refractivity contribution < 1.29 is 127 Å². The van der Waals surface area contributed by atoms with Crippen molar-refractivity contribution >= 4 is 11.9 Å². The minimum Gasteiger partial charge on any atom is -0.460 e. The van der Waals surface area contributed by atoms with E-state index < -0.39 is 17.1 Å². The van der Waals surface area contributed by atoms with E-state index in [1.807, 2.05) is 20.8 Å². The van der Waals surface area contributed by atoms with Gasteiger partial charge >= 0.3 is 5.97 Å². The maximum atomic E-state index is 14.9. The molecule has 3 radical (unpaired) electrons. The maximum absolute atomic E-state index is 14.9. The SMILES string of the molecule is CCC1C(=O)OC(C(C)(C)C(C)C)C(C)C(C)(C)C(C)[CH-]C(C)(C)C(C)C(C)(C)C(C)C(C)CC(OC)C2OC(C)(C(C)CC2OC)C(C)(C)C(=O)N1C.[Y].[Y].[Y]. The Morgan fingerprint density at radius 1 is 0.807 bits per heavy atom. The molecule has 2 bridgehead atoms. The van der Waals surface area contributed by atoms with Crippen LogP contribution in [0.25, 0.3) is 0 Å². The molecule has 2 rings (SSSR count). The van der Waals surface area contributed by atoms with Crippen LogP contribution in [0.1, 0.15) is 158 Å². The fourth-order valence-electron chi connectivity index (χ4n) is 10.1. The molecular weight excluding hydrogens is 941 g/mol. The Hall–Kier alpha value is 2.13. The van der Waals surface area contributed by atoms with Gasteiger partial charge in [-0.25, -0.2) is 4.79 Å². The summed E-state index contributed by atoms with van der Waals surface area (Å²) in [5.41, 5.74) is -2.46. The van der Waals surface area contributed by atoms with Crippen LogP contribution in [0.15, 0.2) is 0 Å². The van der Waals surface area contributed by atoms with E-state index in [0.717, 1.165) is 12.8 Å². The van der Waals surface area contributed by atoms with Crippen molar-refractivity contribution in [3.05, 3.63) is 6.42 Å². The Labute approximate surface area is 428 Å². The molecule has 2 heterocycles. The van der Waals surface area contributed by atoms with E-state index >= 15 is 0 Å². The third-order valence-corrected chi connectivity index (χ3v) is 17.3. The molecule has 0 spiro atoms. The van der Waals surface area contributed by atoms with Crippen molar-refractivity contribution in [2.45, 2.75) is 194 Å². The predicted octanol–water partition coefficient (Wildman–Crippen LogP) is 10.9. The number of esters is 1. The van der Waals surface area contributed by atoms with E-state index in [1.54, 1.807) is 26.2 Å². The minimum absolute atomic E-state index is 0. The summed E-state index contributed by atoms with van der Waals surface area (Å²) < 4.78 is 26.5. The molecule has 2 saturated heterocycles. The third-order valence-electron chi connectivity index (χ3n) is 17.3. The summed E-state index contributed by atoms with van der Waals surface area (Å²) in [7, 11) is 5.30. The molecule has 0 N–H and O–H groups in total. The zero-order valence-electron chi connectivity index (χ0n) is 41.3. The van der Waals surface area contributed by atoms with Gasteiger partial charge < -0.3 is 30.3 Å². The number of likely N-dealkylation sites (N-methyl/N-ethyl adjacent to an activating group) is 1. The molecule has 7 nitrogen and oxygen atoms in total. The van der Waals surface area contributed by atoms with Crippen molar-refractivity contribution in [1.29, 1.82) is 0 Å². The van der Waals surface area contributed by atoms with Crippen molar-refractivity contribution in [1.82, 2.24) is 4.90 Å². The number of methoxy groups -OCH3 is 2. The van der Waals surface area contributed by atoms with Crippen LogP contribution in [0, 0.1) is 74.9 Å². The van der Waals surface area contributed by atoms with Gasteiger partial charge in [0.1, 0.15) is 18.2 Å². The second-order valence-electron chi connectivity index (χ2n) is 21.6. The number of amides is 1. The number of ether oxygens (including phenoxy) is 4. The van der Waals surface area contributed by atoms with Gasteiger partial charge in [0.15, 0.2) is 0 Å². The predicted molar refractivity (Wildman–Crippen MR) is 224 cm³/mol. The van der Waals surface area contributed by atoms with Gasteiger partial charge in [0.2, 0.25) is 5.91 Å². The van der Waals surface area contributed by atoms with E-state index in [1.165, 1.54) is 0 Å². The van der Waals surface area contributed by atoms with Gasteiger partial charge in [0, 0.05) is 125 Å². The molecule has 57 heavy (non-hydrogen) atoms. The van der Waals surface area contributed by atoms with Gasteiger partial charge in [0.05, 0.1) is 23.2 Å². The van der Waals surface area contributed by atoms with Crippen molar-refractivity contribution in [2.24, 2.45) is 68.5 Å². The molecule has 0 aromatic heterocycles. The van der Waals surface area contributed by atoms with Gasteiger partial charge in [-0.2, -0.15) is 11.3 Å². The summed E-state index contributed by atoms with van der Waals surface area (Å²) in [6, 6.07) is -0.739. The van der Waals surface area contributed by atoms with Crippen molar-refractivity contribution in [3.8, 4) is 0 Å². The van der Waals surface area contributed by atoms with Crippen LogP contribution < -0.4 is 0 Å². The Morgan fingerprint density at radius 3 is 1.72 bits per heavy atom. The first-order chi connectivity index (χ1) is 24.4. The second-order valence-corrected chi connectivity index (χ2v) is 21.6. The third kappa shape index (κ3) is 12.5. The monoisotopic (exact) mass is 1030 g/mol. The van der Waals surface area contributed by atoms with Gasteiger partial charge in [-0.05, 0) is 75.0 Å². The van der Waals surface area contributed by atoms with Crippen LogP contribution in [0.2, 0.25) is 0 Å². The summed E-state index contributed by atoms with van der Waals surface area (Å²) >= 11 is 0. The normalized spacial score (nSPS) is 38.0. The molecule has 2 aliphatic heterocycles. The molecule has 12 atom stereocenters. The fourth-order valence-corrected chi connectivity index (χ4v) is 10.1. The van der Waals surface area contributed by atoms with Crippen LogP contribution in [0.4, 0.5) is 0 Å². The number of carbonyl (C=O) groups excluding carboxylic acids is 2. The molecule has 0 aromatic rings. The van der Waals surface area contributed by atoms with Gasteiger partial charge in [0.25, 0.3) is 0 Å². The van der Waals surface area contributed by atoms with Gasteiger partial charge in [-0.3, -0.25) is 4.79 Å². The minimum atomic E-state index is -0.984. The molecule has 0 aliphatic carbocycles. The van der Waals surface area contributed by atoms with Crippen LogP contribution in [-0.4, -0.2) is 74.1 Å². The first-order valence-corrected chi connectivity index (χ1v) is 21.4. The summed E-state index contributed by atoms with van der Waals surface area (Å²) in [6.45, 7) is 45.2. The molecule has 0 saturated carbocycles. The summed E-state index contributed by atoms with van der Waals surface area (Å²) in [5.74, 6) is 1.09. The average molecular weight is 1030 g/mol. The molecule has 10 heteroatoms. The van der Waals surface area contributed by atoms with Crippen LogP contribution in [-0.2, 0) is 127 Å². The Balaban J connectivity index is 0. The van der Waals surface area contributed by atoms with Crippen molar-refractivity contribution in [2.75, 3.05) is 21.3 Å². The number of cyclic esters (lactones) is 1. The molecule has 2 aliphatic rings. The first-order valence-electron chi connectivity index (χ1n) is 21.4. The Bertz CT molecular complexity index is 1270. The standard InChI is InChI=1S/C47H88NO6.3Y/c1-24-35-40(49)53-39(43(12,13)28(2)3)33(8)44(14,15)31(6)27-42(10,11)34(9)45(16,17)32(7)29(4)25-36(51-22)38-37(52-23)26-30(5)47(20,54-38)46(18,19)41(50)48(35)21;;;/h27-39H,24-26H2,1-23H3;;;/q-1;;;. The smallest absolute Gasteiger partial charge is 0.329 e. The topological polar surface area (TPSA) is 74.3 Å². The molecule has 0 aromatic carbocycles. The largest absolute Gasteiger partial charge is 0.460 e. The van der Waals surface area contributed by atoms with Crippen LogP contribution >= 0.6 is 0 Å². The summed E-state index contributed by atoms with van der Waals surface area (Å²) in [5, 5.41) is 0. The molecule has 12 unspecified atom stereocenters. The molecule has 2 fully saturated rings. The fraction of sp³-hybridized carbons (Fsp3) is 0.936. The number of fused-ring (bicyclic) bond motifs is 2.